The molecule has 2 aliphatic heterocycles. The Balaban J connectivity index is 0.00000147. The number of hydrogen-bond donors (Lipinski definition) is 1. The minimum absolute atomic E-state index is 0. The molecule has 1 amide bonds. The van der Waals surface area contributed by atoms with E-state index in [4.69, 9.17) is 0 Å². The lowest BCUT2D eigenvalue weighted by atomic mass is 9.84. The van der Waals surface area contributed by atoms with Gasteiger partial charge in [0.1, 0.15) is 0 Å². The highest BCUT2D eigenvalue weighted by molar-refractivity contribution is 5.94. The molecule has 0 aromatic heterocycles. The van der Waals surface area contributed by atoms with Crippen molar-refractivity contribution in [2.75, 3.05) is 13.1 Å². The van der Waals surface area contributed by atoms with Crippen molar-refractivity contribution in [2.24, 2.45) is 5.41 Å². The number of hydrogen-bond acceptors (Lipinski definition) is 2. The molecular weight excluding hydrogens is 272 g/mol. The number of carbonyl (C=O) groups excluding carboxylic acids is 1. The lowest BCUT2D eigenvalue weighted by molar-refractivity contribution is 0.0583. The van der Waals surface area contributed by atoms with Gasteiger partial charge in [-0.3, -0.25) is 4.79 Å². The third-order valence-corrected chi connectivity index (χ3v) is 4.27. The van der Waals surface area contributed by atoms with Crippen LogP contribution in [0.5, 0.6) is 0 Å². The number of rotatable bonds is 1. The first kappa shape index (κ1) is 15.3. The summed E-state index contributed by atoms with van der Waals surface area (Å²) in [6, 6.07) is 6.15. The molecule has 0 atom stereocenters. The minimum Gasteiger partial charge on any atom is -0.338 e. The van der Waals surface area contributed by atoms with Gasteiger partial charge >= 0.3 is 0 Å². The highest BCUT2D eigenvalue weighted by atomic mass is 35.5. The lowest BCUT2D eigenvalue weighted by Crippen LogP contribution is -2.43. The molecule has 0 unspecified atom stereocenters. The Morgan fingerprint density at radius 1 is 1.25 bits per heavy atom. The van der Waals surface area contributed by atoms with E-state index in [0.717, 1.165) is 38.2 Å². The van der Waals surface area contributed by atoms with Crippen LogP contribution in [0.1, 0.15) is 48.2 Å². The predicted molar refractivity (Wildman–Crippen MR) is 83.2 cm³/mol. The van der Waals surface area contributed by atoms with Gasteiger partial charge in [-0.05, 0) is 41.5 Å². The Kier molecular flexibility index (Phi) is 4.40. The molecule has 110 valence electrons. The molecule has 1 aromatic rings. The van der Waals surface area contributed by atoms with Gasteiger partial charge in [0.2, 0.25) is 0 Å². The number of likely N-dealkylation sites (tertiary alicyclic amines) is 1. The summed E-state index contributed by atoms with van der Waals surface area (Å²) in [5.74, 6) is 0.197. The van der Waals surface area contributed by atoms with Gasteiger partial charge in [0.25, 0.3) is 5.91 Å². The maximum Gasteiger partial charge on any atom is 0.253 e. The molecule has 2 aliphatic rings. The molecule has 1 fully saturated rings. The summed E-state index contributed by atoms with van der Waals surface area (Å²) >= 11 is 0. The molecule has 0 saturated carbocycles. The van der Waals surface area contributed by atoms with Crippen LogP contribution in [-0.4, -0.2) is 23.9 Å². The molecular formula is C16H23ClN2O. The van der Waals surface area contributed by atoms with Crippen molar-refractivity contribution in [2.45, 2.75) is 39.8 Å². The van der Waals surface area contributed by atoms with E-state index in [2.05, 4.69) is 31.3 Å². The Morgan fingerprint density at radius 3 is 2.75 bits per heavy atom. The molecule has 0 spiro atoms. The molecule has 20 heavy (non-hydrogen) atoms. The van der Waals surface area contributed by atoms with Gasteiger partial charge in [0.05, 0.1) is 0 Å². The highest BCUT2D eigenvalue weighted by Crippen LogP contribution is 2.29. The van der Waals surface area contributed by atoms with Crippen LogP contribution in [0, 0.1) is 5.41 Å². The van der Waals surface area contributed by atoms with Gasteiger partial charge in [0, 0.05) is 31.7 Å². The summed E-state index contributed by atoms with van der Waals surface area (Å²) in [7, 11) is 0. The second-order valence-corrected chi connectivity index (χ2v) is 6.58. The van der Waals surface area contributed by atoms with Crippen LogP contribution in [0.4, 0.5) is 0 Å². The molecule has 0 bridgehead atoms. The largest absolute Gasteiger partial charge is 0.338 e. The number of benzene rings is 1. The van der Waals surface area contributed by atoms with E-state index in [1.807, 2.05) is 11.0 Å². The van der Waals surface area contributed by atoms with Gasteiger partial charge in [0.15, 0.2) is 0 Å². The molecule has 2 heterocycles. The summed E-state index contributed by atoms with van der Waals surface area (Å²) < 4.78 is 0. The second-order valence-electron chi connectivity index (χ2n) is 6.58. The summed E-state index contributed by atoms with van der Waals surface area (Å²) in [5, 5.41) is 3.32. The van der Waals surface area contributed by atoms with Crippen molar-refractivity contribution in [3.05, 3.63) is 34.9 Å². The van der Waals surface area contributed by atoms with Gasteiger partial charge in [-0.15, -0.1) is 12.4 Å². The van der Waals surface area contributed by atoms with Crippen molar-refractivity contribution in [3.63, 3.8) is 0 Å². The van der Waals surface area contributed by atoms with Gasteiger partial charge in [-0.2, -0.15) is 0 Å². The fraction of sp³-hybridized carbons (Fsp3) is 0.562. The Morgan fingerprint density at radius 2 is 2.00 bits per heavy atom. The molecule has 1 aromatic carbocycles. The average molecular weight is 295 g/mol. The SMILES string of the molecule is CC1(C)CCCN(C(=O)c2ccc3c(c2)CNC3)C1.Cl. The van der Waals surface area contributed by atoms with E-state index < -0.39 is 0 Å². The Hall–Kier alpha value is -1.06. The van der Waals surface area contributed by atoms with Crippen LogP contribution in [0.2, 0.25) is 0 Å². The van der Waals surface area contributed by atoms with Crippen LogP contribution >= 0.6 is 12.4 Å². The number of halogens is 1. The molecule has 0 radical (unpaired) electrons. The van der Waals surface area contributed by atoms with Crippen LogP contribution < -0.4 is 5.32 Å². The zero-order chi connectivity index (χ0) is 13.5. The van der Waals surface area contributed by atoms with Crippen molar-refractivity contribution in [1.82, 2.24) is 10.2 Å². The second kappa shape index (κ2) is 5.74. The zero-order valence-electron chi connectivity index (χ0n) is 12.2. The molecule has 3 rings (SSSR count). The van der Waals surface area contributed by atoms with Crippen molar-refractivity contribution in [1.29, 1.82) is 0 Å². The zero-order valence-corrected chi connectivity index (χ0v) is 13.1. The monoisotopic (exact) mass is 294 g/mol. The predicted octanol–water partition coefficient (Wildman–Crippen LogP) is 2.97. The smallest absolute Gasteiger partial charge is 0.253 e. The molecule has 3 nitrogen and oxygen atoms in total. The van der Waals surface area contributed by atoms with E-state index >= 15 is 0 Å². The van der Waals surface area contributed by atoms with Crippen molar-refractivity contribution in [3.8, 4) is 0 Å². The Bertz CT molecular complexity index is 513. The number of piperidine rings is 1. The Labute approximate surface area is 127 Å². The van der Waals surface area contributed by atoms with Crippen molar-refractivity contribution >= 4 is 18.3 Å². The quantitative estimate of drug-likeness (QED) is 0.864. The van der Waals surface area contributed by atoms with Gasteiger partial charge in [-0.1, -0.05) is 19.9 Å². The van der Waals surface area contributed by atoms with E-state index in [-0.39, 0.29) is 23.7 Å². The van der Waals surface area contributed by atoms with Crippen LogP contribution in [0.3, 0.4) is 0 Å². The summed E-state index contributed by atoms with van der Waals surface area (Å²) in [6.07, 6.45) is 2.33. The topological polar surface area (TPSA) is 32.3 Å². The minimum atomic E-state index is 0. The first-order valence-electron chi connectivity index (χ1n) is 7.17. The fourth-order valence-corrected chi connectivity index (χ4v) is 3.21. The van der Waals surface area contributed by atoms with Crippen LogP contribution in [0.15, 0.2) is 18.2 Å². The number of nitrogens with one attached hydrogen (secondary N) is 1. The maximum absolute atomic E-state index is 12.6. The maximum atomic E-state index is 12.6. The van der Waals surface area contributed by atoms with E-state index in [9.17, 15) is 4.79 Å². The third-order valence-electron chi connectivity index (χ3n) is 4.27. The molecule has 1 saturated heterocycles. The average Bonchev–Trinajstić information content (AvgIpc) is 2.83. The van der Waals surface area contributed by atoms with Gasteiger partial charge in [-0.25, -0.2) is 0 Å². The normalized spacial score (nSPS) is 20.2. The molecule has 0 aliphatic carbocycles. The lowest BCUT2D eigenvalue weighted by Gasteiger charge is -2.38. The summed E-state index contributed by atoms with van der Waals surface area (Å²) in [5.41, 5.74) is 3.71. The summed E-state index contributed by atoms with van der Waals surface area (Å²) in [4.78, 5) is 14.6. The first-order chi connectivity index (χ1) is 9.05. The van der Waals surface area contributed by atoms with Crippen LogP contribution in [-0.2, 0) is 13.1 Å². The van der Waals surface area contributed by atoms with E-state index in [1.54, 1.807) is 0 Å². The first-order valence-corrected chi connectivity index (χ1v) is 7.17. The highest BCUT2D eigenvalue weighted by Gasteiger charge is 2.29. The molecule has 4 heteroatoms. The van der Waals surface area contributed by atoms with Gasteiger partial charge < -0.3 is 10.2 Å². The molecule has 1 N–H and O–H groups in total. The summed E-state index contributed by atoms with van der Waals surface area (Å²) in [6.45, 7) is 8.10. The van der Waals surface area contributed by atoms with E-state index in [0.29, 0.717) is 0 Å². The number of fused-ring (bicyclic) bond motifs is 1. The van der Waals surface area contributed by atoms with Crippen LogP contribution in [0.25, 0.3) is 0 Å². The fourth-order valence-electron chi connectivity index (χ4n) is 3.21. The third kappa shape index (κ3) is 2.99. The standard InChI is InChI=1S/C16H22N2O.ClH/c1-16(2)6-3-7-18(11-16)15(19)12-4-5-13-9-17-10-14(13)8-12;/h4-5,8,17H,3,6-7,9-11H2,1-2H3;1H. The number of carbonyl (C=O) groups is 1. The number of amides is 1. The van der Waals surface area contributed by atoms with Crippen molar-refractivity contribution < 1.29 is 4.79 Å². The van der Waals surface area contributed by atoms with E-state index in [1.165, 1.54) is 17.5 Å². The number of nitrogens with zero attached hydrogens (tertiary/aromatic N) is 1.